The number of nitrogens with zero attached hydrogens (tertiary/aromatic N) is 4. The SMILES string of the molecule is CC(=O)N1N=C(c2c(O)n(C)c(=S)n(C)c2=O)C[C@H]1c1ccc(Cl)cc1. The molecule has 0 saturated carbocycles. The van der Waals surface area contributed by atoms with E-state index in [0.29, 0.717) is 17.2 Å². The van der Waals surface area contributed by atoms with E-state index < -0.39 is 5.56 Å². The summed E-state index contributed by atoms with van der Waals surface area (Å²) in [4.78, 5) is 24.7. The maximum Gasteiger partial charge on any atom is 0.267 e. The monoisotopic (exact) mass is 392 g/mol. The second-order valence-corrected chi connectivity index (χ2v) is 6.89. The van der Waals surface area contributed by atoms with Crippen LogP contribution in [0.15, 0.2) is 34.2 Å². The quantitative estimate of drug-likeness (QED) is 0.796. The number of benzene rings is 1. The zero-order chi connectivity index (χ0) is 19.2. The molecule has 7 nitrogen and oxygen atoms in total. The number of carbonyl (C=O) groups excluding carboxylic acids is 1. The average Bonchev–Trinajstić information content (AvgIpc) is 3.04. The van der Waals surface area contributed by atoms with E-state index in [4.69, 9.17) is 23.8 Å². The summed E-state index contributed by atoms with van der Waals surface area (Å²) in [6.07, 6.45) is 0.292. The number of carbonyl (C=O) groups is 1. The molecule has 3 rings (SSSR count). The Hall–Kier alpha value is -2.45. The van der Waals surface area contributed by atoms with Gasteiger partial charge in [-0.05, 0) is 29.9 Å². The fourth-order valence-corrected chi connectivity index (χ4v) is 3.28. The van der Waals surface area contributed by atoms with Gasteiger partial charge >= 0.3 is 0 Å². The minimum atomic E-state index is -0.454. The highest BCUT2D eigenvalue weighted by Gasteiger charge is 2.34. The molecule has 136 valence electrons. The molecule has 0 fully saturated rings. The summed E-state index contributed by atoms with van der Waals surface area (Å²) in [5, 5.41) is 16.7. The van der Waals surface area contributed by atoms with Crippen molar-refractivity contribution in [1.29, 1.82) is 0 Å². The number of aromatic hydroxyl groups is 1. The predicted octanol–water partition coefficient (Wildman–Crippen LogP) is 2.51. The first-order valence-electron chi connectivity index (χ1n) is 7.84. The molecule has 2 aromatic rings. The third-order valence-corrected chi connectivity index (χ3v) is 5.21. The topological polar surface area (TPSA) is 79.8 Å². The van der Waals surface area contributed by atoms with Crippen molar-refractivity contribution in [3.63, 3.8) is 0 Å². The van der Waals surface area contributed by atoms with Gasteiger partial charge in [0.25, 0.3) is 5.56 Å². The number of hydrogen-bond acceptors (Lipinski definition) is 5. The van der Waals surface area contributed by atoms with Crippen LogP contribution in [0.4, 0.5) is 0 Å². The summed E-state index contributed by atoms with van der Waals surface area (Å²) in [7, 11) is 3.10. The van der Waals surface area contributed by atoms with Crippen LogP contribution in [0.1, 0.15) is 30.5 Å². The molecule has 0 bridgehead atoms. The first-order valence-corrected chi connectivity index (χ1v) is 8.63. The highest BCUT2D eigenvalue weighted by molar-refractivity contribution is 7.71. The van der Waals surface area contributed by atoms with Crippen molar-refractivity contribution in [2.45, 2.75) is 19.4 Å². The van der Waals surface area contributed by atoms with Gasteiger partial charge in [0.1, 0.15) is 5.56 Å². The van der Waals surface area contributed by atoms with Gasteiger partial charge in [-0.15, -0.1) is 0 Å². The van der Waals surface area contributed by atoms with E-state index in [1.54, 1.807) is 19.2 Å². The van der Waals surface area contributed by atoms with Gasteiger partial charge in [-0.1, -0.05) is 23.7 Å². The zero-order valence-corrected chi connectivity index (χ0v) is 16.0. The van der Waals surface area contributed by atoms with Crippen LogP contribution in [0.3, 0.4) is 0 Å². The van der Waals surface area contributed by atoms with Gasteiger partial charge in [-0.2, -0.15) is 5.10 Å². The molecular weight excluding hydrogens is 376 g/mol. The molecule has 1 aliphatic heterocycles. The number of hydrogen-bond donors (Lipinski definition) is 1. The normalized spacial score (nSPS) is 16.7. The zero-order valence-electron chi connectivity index (χ0n) is 14.4. The van der Waals surface area contributed by atoms with Crippen molar-refractivity contribution in [2.24, 2.45) is 19.2 Å². The number of amides is 1. The smallest absolute Gasteiger partial charge is 0.267 e. The van der Waals surface area contributed by atoms with Gasteiger partial charge in [0.05, 0.1) is 11.8 Å². The Bertz CT molecular complexity index is 1040. The van der Waals surface area contributed by atoms with E-state index in [1.807, 2.05) is 12.1 Å². The van der Waals surface area contributed by atoms with Crippen LogP contribution in [0, 0.1) is 4.77 Å². The Labute approximate surface area is 159 Å². The lowest BCUT2D eigenvalue weighted by atomic mass is 9.99. The van der Waals surface area contributed by atoms with Crippen molar-refractivity contribution < 1.29 is 9.90 Å². The third-order valence-electron chi connectivity index (χ3n) is 4.41. The summed E-state index contributed by atoms with van der Waals surface area (Å²) in [5.41, 5.74) is 0.767. The van der Waals surface area contributed by atoms with Crippen LogP contribution in [0.25, 0.3) is 0 Å². The van der Waals surface area contributed by atoms with Gasteiger partial charge in [0, 0.05) is 32.5 Å². The number of rotatable bonds is 2. The maximum absolute atomic E-state index is 12.6. The van der Waals surface area contributed by atoms with Gasteiger partial charge < -0.3 is 5.11 Å². The van der Waals surface area contributed by atoms with E-state index >= 15 is 0 Å². The molecule has 0 radical (unpaired) electrons. The number of hydrazone groups is 1. The van der Waals surface area contributed by atoms with Gasteiger partial charge in [0.15, 0.2) is 4.77 Å². The fourth-order valence-electron chi connectivity index (χ4n) is 2.98. The van der Waals surface area contributed by atoms with E-state index in [1.165, 1.54) is 28.1 Å². The van der Waals surface area contributed by atoms with Crippen LogP contribution < -0.4 is 5.56 Å². The van der Waals surface area contributed by atoms with Crippen LogP contribution >= 0.6 is 23.8 Å². The summed E-state index contributed by atoms with van der Waals surface area (Å²) in [5.74, 6) is -0.530. The lowest BCUT2D eigenvalue weighted by Crippen LogP contribution is -2.28. The molecule has 1 N–H and O–H groups in total. The number of aromatic nitrogens is 2. The van der Waals surface area contributed by atoms with Crippen molar-refractivity contribution in [2.75, 3.05) is 0 Å². The molecule has 1 aliphatic rings. The van der Waals surface area contributed by atoms with E-state index in [2.05, 4.69) is 5.10 Å². The molecule has 0 spiro atoms. The molecule has 1 aromatic carbocycles. The first kappa shape index (κ1) is 18.3. The van der Waals surface area contributed by atoms with Gasteiger partial charge in [-0.25, -0.2) is 5.01 Å². The minimum Gasteiger partial charge on any atom is -0.494 e. The Morgan fingerprint density at radius 1 is 1.27 bits per heavy atom. The molecule has 0 saturated heterocycles. The number of halogens is 1. The first-order chi connectivity index (χ1) is 12.2. The van der Waals surface area contributed by atoms with Crippen molar-refractivity contribution in [1.82, 2.24) is 14.1 Å². The highest BCUT2D eigenvalue weighted by atomic mass is 35.5. The molecule has 9 heteroatoms. The van der Waals surface area contributed by atoms with Crippen molar-refractivity contribution >= 4 is 35.4 Å². The lowest BCUT2D eigenvalue weighted by molar-refractivity contribution is -0.130. The van der Waals surface area contributed by atoms with Crippen molar-refractivity contribution in [3.05, 3.63) is 55.5 Å². The molecule has 1 amide bonds. The van der Waals surface area contributed by atoms with E-state index in [0.717, 1.165) is 5.56 Å². The van der Waals surface area contributed by atoms with Crippen LogP contribution in [0.2, 0.25) is 5.02 Å². The lowest BCUT2D eigenvalue weighted by Gasteiger charge is -2.20. The second-order valence-electron chi connectivity index (χ2n) is 6.09. The predicted molar refractivity (Wildman–Crippen MR) is 101 cm³/mol. The average molecular weight is 393 g/mol. The summed E-state index contributed by atoms with van der Waals surface area (Å²) < 4.78 is 2.79. The Morgan fingerprint density at radius 3 is 2.46 bits per heavy atom. The highest BCUT2D eigenvalue weighted by Crippen LogP contribution is 2.34. The molecular formula is C17H17ClN4O3S. The molecule has 2 heterocycles. The Morgan fingerprint density at radius 2 is 1.88 bits per heavy atom. The molecule has 0 aliphatic carbocycles. The Balaban J connectivity index is 2.12. The Kier molecular flexibility index (Phi) is 4.72. The summed E-state index contributed by atoms with van der Waals surface area (Å²) in [6, 6.07) is 6.71. The van der Waals surface area contributed by atoms with Gasteiger partial charge in [-0.3, -0.25) is 18.7 Å². The van der Waals surface area contributed by atoms with Crippen LogP contribution in [-0.4, -0.2) is 30.9 Å². The van der Waals surface area contributed by atoms with Crippen molar-refractivity contribution in [3.8, 4) is 5.88 Å². The minimum absolute atomic E-state index is 0.0475. The van der Waals surface area contributed by atoms with Crippen LogP contribution in [-0.2, 0) is 18.9 Å². The van der Waals surface area contributed by atoms with E-state index in [9.17, 15) is 14.7 Å². The van der Waals surface area contributed by atoms with Gasteiger partial charge in [0.2, 0.25) is 11.8 Å². The fraction of sp³-hybridized carbons (Fsp3) is 0.294. The molecule has 1 aromatic heterocycles. The summed E-state index contributed by atoms with van der Waals surface area (Å²) >= 11 is 11.1. The molecule has 26 heavy (non-hydrogen) atoms. The largest absolute Gasteiger partial charge is 0.494 e. The summed E-state index contributed by atoms with van der Waals surface area (Å²) in [6.45, 7) is 1.40. The van der Waals surface area contributed by atoms with E-state index in [-0.39, 0.29) is 28.2 Å². The van der Waals surface area contributed by atoms with Crippen LogP contribution in [0.5, 0.6) is 5.88 Å². The maximum atomic E-state index is 12.6. The molecule has 1 atom stereocenters. The third kappa shape index (κ3) is 2.95. The standard InChI is InChI=1S/C17H17ClN4O3S/c1-9(23)22-13(10-4-6-11(18)7-5-10)8-12(19-22)14-15(24)20(2)17(26)21(3)16(14)25/h4-7,13,24H,8H2,1-3H3/t13-/m0/s1. The second kappa shape index (κ2) is 6.69. The molecule has 0 unspecified atom stereocenters.